The van der Waals surface area contributed by atoms with Crippen molar-refractivity contribution in [2.45, 2.75) is 46.0 Å². The van der Waals surface area contributed by atoms with Gasteiger partial charge >= 0.3 is 0 Å². The van der Waals surface area contributed by atoms with Gasteiger partial charge in [-0.05, 0) is 25.2 Å². The molecule has 70 valence electrons. The summed E-state index contributed by atoms with van der Waals surface area (Å²) in [4.78, 5) is 10.1. The topological polar surface area (TPSA) is 17.1 Å². The summed E-state index contributed by atoms with van der Waals surface area (Å²) >= 11 is 0. The number of carbonyl (C=O) groups is 1. The summed E-state index contributed by atoms with van der Waals surface area (Å²) in [6.45, 7) is 4.31. The molecule has 0 aliphatic carbocycles. The van der Waals surface area contributed by atoms with E-state index in [4.69, 9.17) is 0 Å². The molecule has 0 aromatic heterocycles. The van der Waals surface area contributed by atoms with Gasteiger partial charge in [0, 0.05) is 6.42 Å². The highest BCUT2D eigenvalue weighted by Gasteiger charge is 1.97. The highest BCUT2D eigenvalue weighted by Crippen LogP contribution is 2.08. The number of unbranched alkanes of at least 4 members (excludes halogenated alkanes) is 1. The molecule has 0 saturated heterocycles. The van der Waals surface area contributed by atoms with Crippen LogP contribution in [0.5, 0.6) is 0 Å². The number of allylic oxidation sites excluding steroid dienone is 2. The summed E-state index contributed by atoms with van der Waals surface area (Å²) < 4.78 is 0. The van der Waals surface area contributed by atoms with E-state index in [1.807, 2.05) is 0 Å². The zero-order chi connectivity index (χ0) is 9.23. The summed E-state index contributed by atoms with van der Waals surface area (Å²) in [6.07, 6.45) is 10.8. The first-order valence-electron chi connectivity index (χ1n) is 4.89. The first kappa shape index (κ1) is 11.4. The standard InChI is InChI=1S/C11H20O/c1-3-4-5-6-7-8-11(2)9-10-12/h5-6,10-11H,3-4,7-9H2,1-2H3/b6-5+. The third kappa shape index (κ3) is 7.52. The van der Waals surface area contributed by atoms with Crippen LogP contribution in [0.2, 0.25) is 0 Å². The first-order chi connectivity index (χ1) is 5.81. The molecule has 0 radical (unpaired) electrons. The van der Waals surface area contributed by atoms with E-state index < -0.39 is 0 Å². The van der Waals surface area contributed by atoms with E-state index in [9.17, 15) is 4.79 Å². The van der Waals surface area contributed by atoms with Gasteiger partial charge in [0.2, 0.25) is 0 Å². The van der Waals surface area contributed by atoms with Gasteiger partial charge in [-0.15, -0.1) is 0 Å². The van der Waals surface area contributed by atoms with Crippen LogP contribution >= 0.6 is 0 Å². The van der Waals surface area contributed by atoms with Gasteiger partial charge in [0.05, 0.1) is 0 Å². The number of aldehydes is 1. The molecule has 0 fully saturated rings. The van der Waals surface area contributed by atoms with Crippen molar-refractivity contribution in [2.24, 2.45) is 5.92 Å². The Kier molecular flexibility index (Phi) is 8.09. The van der Waals surface area contributed by atoms with E-state index in [1.165, 1.54) is 12.8 Å². The quantitative estimate of drug-likeness (QED) is 0.421. The number of hydrogen-bond donors (Lipinski definition) is 0. The van der Waals surface area contributed by atoms with E-state index >= 15 is 0 Å². The van der Waals surface area contributed by atoms with Crippen molar-refractivity contribution < 1.29 is 4.79 Å². The monoisotopic (exact) mass is 168 g/mol. The fourth-order valence-electron chi connectivity index (χ4n) is 1.07. The molecule has 0 aliphatic heterocycles. The maximum Gasteiger partial charge on any atom is 0.120 e. The zero-order valence-corrected chi connectivity index (χ0v) is 8.25. The maximum atomic E-state index is 10.1. The molecule has 12 heavy (non-hydrogen) atoms. The molecule has 0 aromatic carbocycles. The molecule has 1 atom stereocenters. The van der Waals surface area contributed by atoms with Crippen molar-refractivity contribution in [3.63, 3.8) is 0 Å². The third-order valence-corrected chi connectivity index (χ3v) is 1.95. The fraction of sp³-hybridized carbons (Fsp3) is 0.727. The maximum absolute atomic E-state index is 10.1. The molecule has 1 nitrogen and oxygen atoms in total. The summed E-state index contributed by atoms with van der Waals surface area (Å²) in [5, 5.41) is 0. The molecule has 1 heteroatoms. The van der Waals surface area contributed by atoms with Crippen LogP contribution in [0, 0.1) is 5.92 Å². The van der Waals surface area contributed by atoms with Crippen LogP contribution in [0.4, 0.5) is 0 Å². The summed E-state index contributed by atoms with van der Waals surface area (Å²) in [7, 11) is 0. The van der Waals surface area contributed by atoms with Gasteiger partial charge in [0.25, 0.3) is 0 Å². The Morgan fingerprint density at radius 1 is 1.25 bits per heavy atom. The Balaban J connectivity index is 3.23. The van der Waals surface area contributed by atoms with Crippen molar-refractivity contribution in [3.8, 4) is 0 Å². The summed E-state index contributed by atoms with van der Waals surface area (Å²) in [6, 6.07) is 0. The predicted octanol–water partition coefficient (Wildman–Crippen LogP) is 3.35. The minimum atomic E-state index is 0.550. The molecular formula is C11H20O. The molecule has 0 N–H and O–H groups in total. The van der Waals surface area contributed by atoms with Crippen LogP contribution in [0.1, 0.15) is 46.0 Å². The van der Waals surface area contributed by atoms with Gasteiger partial charge in [-0.3, -0.25) is 0 Å². The minimum Gasteiger partial charge on any atom is -0.303 e. The molecule has 0 bridgehead atoms. The van der Waals surface area contributed by atoms with Gasteiger partial charge < -0.3 is 4.79 Å². The van der Waals surface area contributed by atoms with Gasteiger partial charge in [-0.25, -0.2) is 0 Å². The van der Waals surface area contributed by atoms with E-state index in [0.29, 0.717) is 12.3 Å². The van der Waals surface area contributed by atoms with E-state index in [1.54, 1.807) is 0 Å². The van der Waals surface area contributed by atoms with Crippen molar-refractivity contribution in [1.82, 2.24) is 0 Å². The van der Waals surface area contributed by atoms with Crippen LogP contribution in [-0.4, -0.2) is 6.29 Å². The van der Waals surface area contributed by atoms with Gasteiger partial charge in [-0.1, -0.05) is 32.4 Å². The Morgan fingerprint density at radius 2 is 1.92 bits per heavy atom. The number of rotatable bonds is 7. The van der Waals surface area contributed by atoms with Crippen molar-refractivity contribution in [2.75, 3.05) is 0 Å². The fourth-order valence-corrected chi connectivity index (χ4v) is 1.07. The summed E-state index contributed by atoms with van der Waals surface area (Å²) in [5.74, 6) is 0.550. The number of carbonyl (C=O) groups excluding carboxylic acids is 1. The van der Waals surface area contributed by atoms with Gasteiger partial charge in [0.1, 0.15) is 6.29 Å². The molecular weight excluding hydrogens is 148 g/mol. The second-order valence-corrected chi connectivity index (χ2v) is 3.34. The molecule has 0 rings (SSSR count). The van der Waals surface area contributed by atoms with Gasteiger partial charge in [-0.2, -0.15) is 0 Å². The van der Waals surface area contributed by atoms with Crippen molar-refractivity contribution in [1.29, 1.82) is 0 Å². The lowest BCUT2D eigenvalue weighted by molar-refractivity contribution is -0.108. The average Bonchev–Trinajstić information content (AvgIpc) is 2.05. The molecule has 0 spiro atoms. The second-order valence-electron chi connectivity index (χ2n) is 3.34. The minimum absolute atomic E-state index is 0.550. The Hall–Kier alpha value is -0.590. The van der Waals surface area contributed by atoms with E-state index in [-0.39, 0.29) is 0 Å². The lowest BCUT2D eigenvalue weighted by atomic mass is 10.0. The largest absolute Gasteiger partial charge is 0.303 e. The zero-order valence-electron chi connectivity index (χ0n) is 8.25. The van der Waals surface area contributed by atoms with Crippen molar-refractivity contribution >= 4 is 6.29 Å². The molecule has 0 heterocycles. The average molecular weight is 168 g/mol. The van der Waals surface area contributed by atoms with Crippen LogP contribution in [0.25, 0.3) is 0 Å². The van der Waals surface area contributed by atoms with Crippen LogP contribution < -0.4 is 0 Å². The van der Waals surface area contributed by atoms with E-state index in [0.717, 1.165) is 19.1 Å². The smallest absolute Gasteiger partial charge is 0.120 e. The normalized spacial score (nSPS) is 13.5. The molecule has 0 aromatic rings. The summed E-state index contributed by atoms with van der Waals surface area (Å²) in [5.41, 5.74) is 0. The molecule has 0 saturated carbocycles. The lowest BCUT2D eigenvalue weighted by Gasteiger charge is -2.03. The van der Waals surface area contributed by atoms with Crippen LogP contribution in [0.15, 0.2) is 12.2 Å². The van der Waals surface area contributed by atoms with E-state index in [2.05, 4.69) is 26.0 Å². The Morgan fingerprint density at radius 3 is 2.50 bits per heavy atom. The number of hydrogen-bond acceptors (Lipinski definition) is 1. The Labute approximate surface area is 75.9 Å². The molecule has 0 amide bonds. The highest BCUT2D eigenvalue weighted by atomic mass is 16.1. The SMILES string of the molecule is CCC/C=C/CCC(C)CC=O. The molecule has 1 unspecified atom stereocenters. The lowest BCUT2D eigenvalue weighted by Crippen LogP contribution is -1.93. The van der Waals surface area contributed by atoms with Crippen LogP contribution in [-0.2, 0) is 4.79 Å². The van der Waals surface area contributed by atoms with Gasteiger partial charge in [0.15, 0.2) is 0 Å². The third-order valence-electron chi connectivity index (χ3n) is 1.95. The second kappa shape index (κ2) is 8.51. The highest BCUT2D eigenvalue weighted by molar-refractivity contribution is 5.49. The van der Waals surface area contributed by atoms with Crippen LogP contribution in [0.3, 0.4) is 0 Å². The van der Waals surface area contributed by atoms with Crippen molar-refractivity contribution in [3.05, 3.63) is 12.2 Å². The molecule has 0 aliphatic rings. The Bertz CT molecular complexity index is 127. The first-order valence-corrected chi connectivity index (χ1v) is 4.89. The predicted molar refractivity (Wildman–Crippen MR) is 53.1 cm³/mol.